The van der Waals surface area contributed by atoms with Crippen molar-refractivity contribution in [3.63, 3.8) is 0 Å². The molecule has 2 aromatic carbocycles. The highest BCUT2D eigenvalue weighted by Gasteiger charge is 2.24. The third kappa shape index (κ3) is 5.51. The molecule has 3 heteroatoms. The van der Waals surface area contributed by atoms with Gasteiger partial charge in [-0.2, -0.15) is 0 Å². The van der Waals surface area contributed by atoms with E-state index in [9.17, 15) is 0 Å². The summed E-state index contributed by atoms with van der Waals surface area (Å²) in [6.07, 6.45) is 7.58. The molecule has 0 amide bonds. The molecule has 0 bridgehead atoms. The zero-order valence-electron chi connectivity index (χ0n) is 14.1. The topological polar surface area (TPSA) is 12.0 Å². The van der Waals surface area contributed by atoms with Crippen molar-refractivity contribution in [2.75, 3.05) is 6.54 Å². The summed E-state index contributed by atoms with van der Waals surface area (Å²) in [6.45, 7) is 1.16. The van der Waals surface area contributed by atoms with Gasteiger partial charge in [0.15, 0.2) is 0 Å². The van der Waals surface area contributed by atoms with E-state index in [4.69, 9.17) is 11.6 Å². The van der Waals surface area contributed by atoms with Crippen LogP contribution >= 0.6 is 24.0 Å². The monoisotopic (exact) mass is 363 g/mol. The molecule has 0 aromatic heterocycles. The molecule has 24 heavy (non-hydrogen) atoms. The van der Waals surface area contributed by atoms with Crippen LogP contribution in [0.15, 0.2) is 54.6 Å². The lowest BCUT2D eigenvalue weighted by molar-refractivity contribution is 0.335. The van der Waals surface area contributed by atoms with Gasteiger partial charge in [0.1, 0.15) is 0 Å². The molecule has 1 fully saturated rings. The molecule has 1 N–H and O–H groups in total. The highest BCUT2D eigenvalue weighted by molar-refractivity contribution is 6.30. The summed E-state index contributed by atoms with van der Waals surface area (Å²) in [5.74, 6) is 0.594. The van der Waals surface area contributed by atoms with Gasteiger partial charge in [0.2, 0.25) is 0 Å². The Morgan fingerprint density at radius 1 is 1.00 bits per heavy atom. The highest BCUT2D eigenvalue weighted by atomic mass is 35.5. The van der Waals surface area contributed by atoms with Crippen molar-refractivity contribution in [2.45, 2.75) is 50.5 Å². The predicted octanol–water partition coefficient (Wildman–Crippen LogP) is 6.01. The Bertz CT molecular complexity index is 577. The normalized spacial score (nSPS) is 18.6. The van der Waals surface area contributed by atoms with Gasteiger partial charge in [-0.3, -0.25) is 0 Å². The molecule has 1 saturated heterocycles. The molecule has 2 atom stereocenters. The van der Waals surface area contributed by atoms with Crippen LogP contribution in [-0.4, -0.2) is 12.6 Å². The zero-order valence-corrected chi connectivity index (χ0v) is 15.7. The molecule has 1 nitrogen and oxygen atoms in total. The number of benzene rings is 2. The van der Waals surface area contributed by atoms with E-state index < -0.39 is 0 Å². The third-order valence-corrected chi connectivity index (χ3v) is 5.21. The summed E-state index contributed by atoms with van der Waals surface area (Å²) < 4.78 is 0. The lowest BCUT2D eigenvalue weighted by Crippen LogP contribution is -2.38. The first kappa shape index (κ1) is 19.3. The maximum absolute atomic E-state index is 6.07. The van der Waals surface area contributed by atoms with Gasteiger partial charge >= 0.3 is 0 Å². The molecular weight excluding hydrogens is 337 g/mol. The van der Waals surface area contributed by atoms with Gasteiger partial charge in [-0.1, -0.05) is 60.5 Å². The summed E-state index contributed by atoms with van der Waals surface area (Å²) in [7, 11) is 0. The van der Waals surface area contributed by atoms with Crippen LogP contribution in [0.3, 0.4) is 0 Å². The van der Waals surface area contributed by atoms with Crippen molar-refractivity contribution in [3.05, 3.63) is 70.7 Å². The first-order valence-electron chi connectivity index (χ1n) is 8.86. The van der Waals surface area contributed by atoms with E-state index in [2.05, 4.69) is 47.8 Å². The van der Waals surface area contributed by atoms with Crippen molar-refractivity contribution < 1.29 is 0 Å². The Labute approximate surface area is 157 Å². The fraction of sp³-hybridized carbons (Fsp3) is 0.429. The summed E-state index contributed by atoms with van der Waals surface area (Å²) in [6, 6.07) is 19.9. The van der Waals surface area contributed by atoms with E-state index in [1.165, 1.54) is 43.2 Å². The van der Waals surface area contributed by atoms with Gasteiger partial charge in [-0.25, -0.2) is 0 Å². The second kappa shape index (κ2) is 10.1. The third-order valence-electron chi connectivity index (χ3n) is 4.96. The highest BCUT2D eigenvalue weighted by Crippen LogP contribution is 2.30. The number of rotatable bonds is 6. The summed E-state index contributed by atoms with van der Waals surface area (Å²) >= 11 is 6.07. The van der Waals surface area contributed by atoms with Crippen LogP contribution in [0, 0.1) is 0 Å². The molecule has 2 aromatic rings. The van der Waals surface area contributed by atoms with Crippen LogP contribution in [0.2, 0.25) is 5.02 Å². The van der Waals surface area contributed by atoms with Crippen LogP contribution in [0.4, 0.5) is 0 Å². The molecule has 0 saturated carbocycles. The standard InChI is InChI=1S/C21H26ClN.ClH/c22-19-14-12-18(13-15-19)20(21-11-4-5-16-23-21)10-6-9-17-7-2-1-3-8-17;/h1-3,7-8,12-15,20-21,23H,4-6,9-11,16H2;1H. The molecule has 1 aliphatic heterocycles. The second-order valence-electron chi connectivity index (χ2n) is 6.59. The van der Waals surface area contributed by atoms with Gasteiger partial charge < -0.3 is 5.32 Å². The van der Waals surface area contributed by atoms with Crippen LogP contribution in [0.1, 0.15) is 49.1 Å². The Kier molecular flexibility index (Phi) is 8.11. The Morgan fingerprint density at radius 2 is 1.75 bits per heavy atom. The summed E-state index contributed by atoms with van der Waals surface area (Å²) in [5.41, 5.74) is 2.88. The van der Waals surface area contributed by atoms with Crippen molar-refractivity contribution in [2.24, 2.45) is 0 Å². The van der Waals surface area contributed by atoms with Crippen molar-refractivity contribution >= 4 is 24.0 Å². The van der Waals surface area contributed by atoms with Gasteiger partial charge in [-0.05, 0) is 67.8 Å². The van der Waals surface area contributed by atoms with Crippen LogP contribution in [0.5, 0.6) is 0 Å². The van der Waals surface area contributed by atoms with E-state index in [1.54, 1.807) is 0 Å². The Morgan fingerprint density at radius 3 is 2.42 bits per heavy atom. The molecule has 0 aliphatic carbocycles. The molecule has 130 valence electrons. The molecule has 1 heterocycles. The second-order valence-corrected chi connectivity index (χ2v) is 7.03. The van der Waals surface area contributed by atoms with Crippen molar-refractivity contribution in [1.82, 2.24) is 5.32 Å². The van der Waals surface area contributed by atoms with E-state index in [0.717, 1.165) is 18.0 Å². The Hall–Kier alpha value is -1.02. The van der Waals surface area contributed by atoms with E-state index in [-0.39, 0.29) is 12.4 Å². The van der Waals surface area contributed by atoms with Crippen molar-refractivity contribution in [3.8, 4) is 0 Å². The Balaban J connectivity index is 0.00000208. The maximum atomic E-state index is 6.07. The average molecular weight is 364 g/mol. The van der Waals surface area contributed by atoms with E-state index >= 15 is 0 Å². The average Bonchev–Trinajstić information content (AvgIpc) is 2.61. The smallest absolute Gasteiger partial charge is 0.0406 e. The largest absolute Gasteiger partial charge is 0.313 e. The number of aryl methyl sites for hydroxylation is 1. The van der Waals surface area contributed by atoms with Gasteiger partial charge in [0.25, 0.3) is 0 Å². The van der Waals surface area contributed by atoms with E-state index in [1.807, 2.05) is 12.1 Å². The summed E-state index contributed by atoms with van der Waals surface area (Å²) in [4.78, 5) is 0. The fourth-order valence-electron chi connectivity index (χ4n) is 3.70. The minimum atomic E-state index is 0. The minimum Gasteiger partial charge on any atom is -0.313 e. The number of piperidine rings is 1. The predicted molar refractivity (Wildman–Crippen MR) is 106 cm³/mol. The maximum Gasteiger partial charge on any atom is 0.0406 e. The van der Waals surface area contributed by atoms with Gasteiger partial charge in [0, 0.05) is 11.1 Å². The fourth-order valence-corrected chi connectivity index (χ4v) is 3.83. The van der Waals surface area contributed by atoms with Crippen molar-refractivity contribution in [1.29, 1.82) is 0 Å². The summed E-state index contributed by atoms with van der Waals surface area (Å²) in [5, 5.41) is 4.58. The van der Waals surface area contributed by atoms with Crippen LogP contribution in [-0.2, 0) is 6.42 Å². The number of halogens is 2. The SMILES string of the molecule is Cl.Clc1ccc(C(CCCc2ccccc2)C2CCCCN2)cc1. The number of hydrogen-bond donors (Lipinski definition) is 1. The van der Waals surface area contributed by atoms with Crippen LogP contribution < -0.4 is 5.32 Å². The first-order chi connectivity index (χ1) is 11.3. The number of nitrogens with one attached hydrogen (secondary N) is 1. The zero-order chi connectivity index (χ0) is 15.9. The molecule has 0 spiro atoms. The first-order valence-corrected chi connectivity index (χ1v) is 9.23. The molecule has 2 unspecified atom stereocenters. The molecule has 3 rings (SSSR count). The minimum absolute atomic E-state index is 0. The molecular formula is C21H27Cl2N. The van der Waals surface area contributed by atoms with Crippen LogP contribution in [0.25, 0.3) is 0 Å². The van der Waals surface area contributed by atoms with Gasteiger partial charge in [0.05, 0.1) is 0 Å². The lowest BCUT2D eigenvalue weighted by Gasteiger charge is -2.32. The quantitative estimate of drug-likeness (QED) is 0.662. The molecule has 0 radical (unpaired) electrons. The van der Waals surface area contributed by atoms with E-state index in [0.29, 0.717) is 12.0 Å². The van der Waals surface area contributed by atoms with Gasteiger partial charge in [-0.15, -0.1) is 12.4 Å². The number of hydrogen-bond acceptors (Lipinski definition) is 1. The lowest BCUT2D eigenvalue weighted by atomic mass is 9.83. The molecule has 1 aliphatic rings.